The third kappa shape index (κ3) is 5.55. The molecule has 30 heavy (non-hydrogen) atoms. The maximum Gasteiger partial charge on any atom is 0.355 e. The molecule has 0 unspecified atom stereocenters. The number of ether oxygens (including phenoxy) is 1. The lowest BCUT2D eigenvalue weighted by Gasteiger charge is -2.17. The first-order valence-corrected chi connectivity index (χ1v) is 11.6. The van der Waals surface area contributed by atoms with Crippen LogP contribution in [0.1, 0.15) is 45.8 Å². The molecule has 0 aromatic carbocycles. The molecule has 0 atom stereocenters. The summed E-state index contributed by atoms with van der Waals surface area (Å²) in [5.41, 5.74) is 0.0334. The van der Waals surface area contributed by atoms with Gasteiger partial charge in [0.1, 0.15) is 10.6 Å². The van der Waals surface area contributed by atoms with Gasteiger partial charge in [-0.15, -0.1) is 11.3 Å². The highest BCUT2D eigenvalue weighted by atomic mass is 32.2. The van der Waals surface area contributed by atoms with E-state index in [4.69, 9.17) is 4.74 Å². The summed E-state index contributed by atoms with van der Waals surface area (Å²) >= 11 is 1.20. The van der Waals surface area contributed by atoms with Crippen LogP contribution in [0.5, 0.6) is 0 Å². The number of carbonyl (C=O) groups excluding carboxylic acids is 3. The Morgan fingerprint density at radius 2 is 1.87 bits per heavy atom. The Labute approximate surface area is 179 Å². The van der Waals surface area contributed by atoms with Crippen LogP contribution in [0.15, 0.2) is 29.3 Å². The zero-order valence-corrected chi connectivity index (χ0v) is 18.9. The molecule has 9 nitrogen and oxygen atoms in total. The van der Waals surface area contributed by atoms with E-state index in [0.29, 0.717) is 24.5 Å². The van der Waals surface area contributed by atoms with Crippen molar-refractivity contribution in [1.29, 1.82) is 0 Å². The quantitative estimate of drug-likeness (QED) is 0.431. The number of thiophene rings is 1. The van der Waals surface area contributed by atoms with Crippen LogP contribution in [0.4, 0.5) is 0 Å². The van der Waals surface area contributed by atoms with Crippen LogP contribution < -0.4 is 5.32 Å². The molecule has 164 valence electrons. The summed E-state index contributed by atoms with van der Waals surface area (Å²) in [6.45, 7) is 5.34. The number of carbonyl (C=O) groups is 3. The molecule has 0 fully saturated rings. The van der Waals surface area contributed by atoms with E-state index in [1.54, 1.807) is 26.0 Å². The number of hydrogen-bond donors (Lipinski definition) is 1. The highest BCUT2D eigenvalue weighted by Crippen LogP contribution is 2.20. The third-order valence-electron chi connectivity index (χ3n) is 4.31. The number of amides is 1. The van der Waals surface area contributed by atoms with Crippen molar-refractivity contribution in [2.45, 2.75) is 32.2 Å². The summed E-state index contributed by atoms with van der Waals surface area (Å²) in [5, 5.41) is 2.64. The predicted molar refractivity (Wildman–Crippen MR) is 112 cm³/mol. The molecule has 0 saturated carbocycles. The van der Waals surface area contributed by atoms with Crippen LogP contribution >= 0.6 is 11.3 Å². The molecular formula is C19H25N3O6S2. The fourth-order valence-corrected chi connectivity index (χ4v) is 5.10. The van der Waals surface area contributed by atoms with Crippen LogP contribution in [-0.4, -0.2) is 54.6 Å². The van der Waals surface area contributed by atoms with Gasteiger partial charge < -0.3 is 14.6 Å². The Hall–Kier alpha value is -2.50. The number of esters is 1. The molecule has 0 saturated heterocycles. The second kappa shape index (κ2) is 10.0. The zero-order valence-electron chi connectivity index (χ0n) is 17.3. The standard InChI is InChI=1S/C19H25N3O6S2/c1-5-22(6-2)30(26,27)15-9-16(21(4)11-15)19(25)28-12-17(24)18-8-7-14(29-18)10-20-13(3)23/h7-9,11H,5-6,10,12H2,1-4H3,(H,20,23). The largest absolute Gasteiger partial charge is 0.453 e. The molecule has 0 radical (unpaired) electrons. The number of Topliss-reactive ketones (excluding diaryl/α,β-unsaturated/α-hetero) is 1. The van der Waals surface area contributed by atoms with Crippen LogP contribution in [0.25, 0.3) is 0 Å². The van der Waals surface area contributed by atoms with Gasteiger partial charge in [0, 0.05) is 38.1 Å². The number of ketones is 1. The monoisotopic (exact) mass is 455 g/mol. The minimum atomic E-state index is -3.71. The summed E-state index contributed by atoms with van der Waals surface area (Å²) in [6, 6.07) is 4.57. The summed E-state index contributed by atoms with van der Waals surface area (Å²) in [6.07, 6.45) is 1.35. The van der Waals surface area contributed by atoms with Gasteiger partial charge in [-0.1, -0.05) is 13.8 Å². The van der Waals surface area contributed by atoms with Crippen molar-refractivity contribution < 1.29 is 27.5 Å². The second-order valence-corrected chi connectivity index (χ2v) is 9.54. The minimum absolute atomic E-state index is 0.00662. The SMILES string of the molecule is CCN(CC)S(=O)(=O)c1cc(C(=O)OCC(=O)c2ccc(CNC(C)=O)s2)n(C)c1. The smallest absolute Gasteiger partial charge is 0.355 e. The molecule has 0 spiro atoms. The lowest BCUT2D eigenvalue weighted by molar-refractivity contribution is -0.119. The zero-order chi connectivity index (χ0) is 22.5. The molecule has 1 N–H and O–H groups in total. The maximum atomic E-state index is 12.6. The molecule has 2 aromatic rings. The topological polar surface area (TPSA) is 115 Å². The van der Waals surface area contributed by atoms with Crippen molar-refractivity contribution in [2.75, 3.05) is 19.7 Å². The van der Waals surface area contributed by atoms with Crippen LogP contribution in [0, 0.1) is 0 Å². The van der Waals surface area contributed by atoms with Crippen molar-refractivity contribution in [2.24, 2.45) is 7.05 Å². The normalized spacial score (nSPS) is 11.5. The summed E-state index contributed by atoms with van der Waals surface area (Å²) in [5.74, 6) is -1.34. The van der Waals surface area contributed by atoms with Crippen molar-refractivity contribution in [3.05, 3.63) is 39.8 Å². The first kappa shape index (κ1) is 23.8. The molecule has 2 heterocycles. The van der Waals surface area contributed by atoms with E-state index >= 15 is 0 Å². The summed E-state index contributed by atoms with van der Waals surface area (Å²) < 4.78 is 33.0. The third-order valence-corrected chi connectivity index (χ3v) is 7.46. The van der Waals surface area contributed by atoms with Gasteiger partial charge in [0.2, 0.25) is 21.7 Å². The molecule has 0 aliphatic heterocycles. The van der Waals surface area contributed by atoms with E-state index in [1.165, 1.54) is 46.4 Å². The first-order valence-electron chi connectivity index (χ1n) is 9.30. The van der Waals surface area contributed by atoms with E-state index in [1.807, 2.05) is 0 Å². The summed E-state index contributed by atoms with van der Waals surface area (Å²) in [4.78, 5) is 36.8. The Kier molecular flexibility index (Phi) is 7.93. The van der Waals surface area contributed by atoms with Gasteiger partial charge in [-0.25, -0.2) is 13.2 Å². The number of hydrogen-bond acceptors (Lipinski definition) is 7. The average molecular weight is 456 g/mol. The Balaban J connectivity index is 2.04. The average Bonchev–Trinajstić information content (AvgIpc) is 3.32. The van der Waals surface area contributed by atoms with E-state index in [0.717, 1.165) is 4.88 Å². The van der Waals surface area contributed by atoms with Crippen molar-refractivity contribution in [3.8, 4) is 0 Å². The molecule has 0 bridgehead atoms. The van der Waals surface area contributed by atoms with Gasteiger partial charge in [-0.2, -0.15) is 4.31 Å². The molecule has 2 aromatic heterocycles. The van der Waals surface area contributed by atoms with Gasteiger partial charge >= 0.3 is 5.97 Å². The van der Waals surface area contributed by atoms with Crippen molar-refractivity contribution in [1.82, 2.24) is 14.2 Å². The highest BCUT2D eigenvalue weighted by Gasteiger charge is 2.26. The molecule has 2 rings (SSSR count). The lowest BCUT2D eigenvalue weighted by atomic mass is 10.3. The van der Waals surface area contributed by atoms with Crippen LogP contribution in [-0.2, 0) is 33.1 Å². The number of nitrogens with one attached hydrogen (secondary N) is 1. The fourth-order valence-electron chi connectivity index (χ4n) is 2.70. The number of aryl methyl sites for hydroxylation is 1. The van der Waals surface area contributed by atoms with Crippen molar-refractivity contribution >= 4 is 39.0 Å². The number of nitrogens with zero attached hydrogens (tertiary/aromatic N) is 2. The number of aromatic nitrogens is 1. The number of rotatable bonds is 10. The van der Waals surface area contributed by atoms with E-state index < -0.39 is 22.6 Å². The van der Waals surface area contributed by atoms with E-state index in [-0.39, 0.29) is 22.3 Å². The van der Waals surface area contributed by atoms with Gasteiger partial charge in [0.25, 0.3) is 0 Å². The van der Waals surface area contributed by atoms with Gasteiger partial charge in [-0.3, -0.25) is 9.59 Å². The minimum Gasteiger partial charge on any atom is -0.453 e. The van der Waals surface area contributed by atoms with Gasteiger partial charge in [-0.05, 0) is 18.2 Å². The lowest BCUT2D eigenvalue weighted by Crippen LogP contribution is -2.30. The van der Waals surface area contributed by atoms with E-state index in [2.05, 4.69) is 5.32 Å². The Bertz CT molecular complexity index is 1030. The van der Waals surface area contributed by atoms with Crippen LogP contribution in [0.2, 0.25) is 0 Å². The Morgan fingerprint density at radius 3 is 2.47 bits per heavy atom. The Morgan fingerprint density at radius 1 is 1.20 bits per heavy atom. The number of sulfonamides is 1. The molecule has 0 aliphatic carbocycles. The van der Waals surface area contributed by atoms with Crippen molar-refractivity contribution in [3.63, 3.8) is 0 Å². The predicted octanol–water partition coefficient (Wildman–Crippen LogP) is 1.79. The van der Waals surface area contributed by atoms with Gasteiger partial charge in [0.15, 0.2) is 6.61 Å². The highest BCUT2D eigenvalue weighted by molar-refractivity contribution is 7.89. The first-order chi connectivity index (χ1) is 14.1. The van der Waals surface area contributed by atoms with Crippen LogP contribution in [0.3, 0.4) is 0 Å². The summed E-state index contributed by atoms with van der Waals surface area (Å²) in [7, 11) is -2.18. The molecular weight excluding hydrogens is 430 g/mol. The maximum absolute atomic E-state index is 12.6. The van der Waals surface area contributed by atoms with Gasteiger partial charge in [0.05, 0.1) is 11.4 Å². The molecule has 0 aliphatic rings. The van der Waals surface area contributed by atoms with E-state index in [9.17, 15) is 22.8 Å². The second-order valence-electron chi connectivity index (χ2n) is 6.44. The molecule has 1 amide bonds. The molecule has 11 heteroatoms. The fraction of sp³-hybridized carbons (Fsp3) is 0.421.